The summed E-state index contributed by atoms with van der Waals surface area (Å²) in [5, 5.41) is 0. The lowest BCUT2D eigenvalue weighted by atomic mass is 10.1. The Morgan fingerprint density at radius 1 is 1.56 bits per heavy atom. The van der Waals surface area contributed by atoms with Crippen molar-refractivity contribution in [1.29, 1.82) is 0 Å². The van der Waals surface area contributed by atoms with E-state index in [2.05, 4.69) is 17.9 Å². The molecule has 2 heterocycles. The monoisotopic (exact) mass is 251 g/mol. The van der Waals surface area contributed by atoms with E-state index < -0.39 is 0 Å². The SMILES string of the molecule is CC#CCCC(N)c1cc2c(s1)CCSC2. The number of fused-ring (bicyclic) bond motifs is 1. The van der Waals surface area contributed by atoms with Gasteiger partial charge in [-0.05, 0) is 37.1 Å². The van der Waals surface area contributed by atoms with Crippen molar-refractivity contribution in [2.45, 2.75) is 38.0 Å². The largest absolute Gasteiger partial charge is 0.323 e. The van der Waals surface area contributed by atoms with Crippen molar-refractivity contribution in [2.75, 3.05) is 5.75 Å². The second-order valence-corrected chi connectivity index (χ2v) is 6.25. The fraction of sp³-hybridized carbons (Fsp3) is 0.538. The van der Waals surface area contributed by atoms with Crippen LogP contribution in [0.15, 0.2) is 6.07 Å². The summed E-state index contributed by atoms with van der Waals surface area (Å²) >= 11 is 3.94. The van der Waals surface area contributed by atoms with Gasteiger partial charge in [0.1, 0.15) is 0 Å². The second-order valence-electron chi connectivity index (χ2n) is 3.97. The predicted octanol–water partition coefficient (Wildman–Crippen LogP) is 3.34. The molecule has 1 aliphatic heterocycles. The highest BCUT2D eigenvalue weighted by Gasteiger charge is 2.16. The zero-order valence-electron chi connectivity index (χ0n) is 9.58. The van der Waals surface area contributed by atoms with Crippen LogP contribution in [0, 0.1) is 11.8 Å². The summed E-state index contributed by atoms with van der Waals surface area (Å²) in [6.07, 6.45) is 3.12. The van der Waals surface area contributed by atoms with Crippen molar-refractivity contribution in [3.63, 3.8) is 0 Å². The standard InChI is InChI=1S/C13H17NS2/c1-2-3-4-5-11(14)13-8-10-9-15-7-6-12(10)16-13/h8,11H,4-7,9,14H2,1H3. The normalized spacial score (nSPS) is 16.1. The average molecular weight is 251 g/mol. The van der Waals surface area contributed by atoms with Crippen LogP contribution in [0.4, 0.5) is 0 Å². The Kier molecular flexibility index (Phi) is 4.34. The highest BCUT2D eigenvalue weighted by atomic mass is 32.2. The molecule has 0 aliphatic carbocycles. The van der Waals surface area contributed by atoms with Gasteiger partial charge >= 0.3 is 0 Å². The highest BCUT2D eigenvalue weighted by Crippen LogP contribution is 2.34. The number of hydrogen-bond acceptors (Lipinski definition) is 3. The fourth-order valence-corrected chi connectivity index (χ4v) is 4.26. The van der Waals surface area contributed by atoms with Crippen molar-refractivity contribution in [3.05, 3.63) is 21.4 Å². The van der Waals surface area contributed by atoms with Gasteiger partial charge in [-0.1, -0.05) is 0 Å². The molecule has 1 nitrogen and oxygen atoms in total. The maximum atomic E-state index is 6.18. The second kappa shape index (κ2) is 5.77. The molecule has 1 aliphatic rings. The first-order chi connectivity index (χ1) is 7.81. The molecule has 0 saturated carbocycles. The first kappa shape index (κ1) is 12.0. The molecule has 1 aromatic rings. The van der Waals surface area contributed by atoms with Crippen LogP contribution in [-0.4, -0.2) is 5.75 Å². The molecular formula is C13H17NS2. The first-order valence-electron chi connectivity index (χ1n) is 5.65. The van der Waals surface area contributed by atoms with E-state index in [0.29, 0.717) is 0 Å². The maximum Gasteiger partial charge on any atom is 0.0399 e. The third-order valence-corrected chi connectivity index (χ3v) is 5.15. The Hall–Kier alpha value is -0.430. The lowest BCUT2D eigenvalue weighted by Crippen LogP contribution is -2.07. The molecule has 0 radical (unpaired) electrons. The van der Waals surface area contributed by atoms with Crippen molar-refractivity contribution < 1.29 is 0 Å². The van der Waals surface area contributed by atoms with E-state index in [1.54, 1.807) is 4.88 Å². The van der Waals surface area contributed by atoms with Crippen LogP contribution in [0.25, 0.3) is 0 Å². The van der Waals surface area contributed by atoms with Gasteiger partial charge in [0.05, 0.1) is 0 Å². The van der Waals surface area contributed by atoms with E-state index in [4.69, 9.17) is 5.73 Å². The molecule has 0 saturated heterocycles. The van der Waals surface area contributed by atoms with Crippen LogP contribution < -0.4 is 5.73 Å². The van der Waals surface area contributed by atoms with E-state index in [9.17, 15) is 0 Å². The van der Waals surface area contributed by atoms with Crippen molar-refractivity contribution in [3.8, 4) is 11.8 Å². The number of rotatable bonds is 3. The molecule has 1 unspecified atom stereocenters. The minimum Gasteiger partial charge on any atom is -0.323 e. The van der Waals surface area contributed by atoms with Gasteiger partial charge in [-0.3, -0.25) is 0 Å². The average Bonchev–Trinajstić information content (AvgIpc) is 2.73. The quantitative estimate of drug-likeness (QED) is 0.834. The Balaban J connectivity index is 2.02. The van der Waals surface area contributed by atoms with E-state index in [1.807, 2.05) is 30.0 Å². The highest BCUT2D eigenvalue weighted by molar-refractivity contribution is 7.98. The predicted molar refractivity (Wildman–Crippen MR) is 73.8 cm³/mol. The molecule has 1 aromatic heterocycles. The minimum atomic E-state index is 0.182. The molecule has 0 spiro atoms. The number of nitrogens with two attached hydrogens (primary N) is 1. The Labute approximate surface area is 106 Å². The molecule has 1 atom stereocenters. The van der Waals surface area contributed by atoms with Gasteiger partial charge in [-0.25, -0.2) is 0 Å². The lowest BCUT2D eigenvalue weighted by molar-refractivity contribution is 0.679. The molecular weight excluding hydrogens is 234 g/mol. The van der Waals surface area contributed by atoms with E-state index in [1.165, 1.54) is 28.4 Å². The number of aryl methyl sites for hydroxylation is 1. The molecule has 2 N–H and O–H groups in total. The maximum absolute atomic E-state index is 6.18. The molecule has 0 amide bonds. The van der Waals surface area contributed by atoms with Gasteiger partial charge in [0, 0.05) is 28.0 Å². The van der Waals surface area contributed by atoms with Crippen LogP contribution in [0.2, 0.25) is 0 Å². The molecule has 0 fully saturated rings. The third-order valence-electron chi connectivity index (χ3n) is 2.77. The first-order valence-corrected chi connectivity index (χ1v) is 7.63. The molecule has 0 bridgehead atoms. The summed E-state index contributed by atoms with van der Waals surface area (Å²) < 4.78 is 0. The molecule has 2 rings (SSSR count). The van der Waals surface area contributed by atoms with Crippen molar-refractivity contribution in [2.24, 2.45) is 5.73 Å². The van der Waals surface area contributed by atoms with E-state index >= 15 is 0 Å². The summed E-state index contributed by atoms with van der Waals surface area (Å²) in [5.41, 5.74) is 7.71. The Morgan fingerprint density at radius 3 is 3.19 bits per heavy atom. The summed E-state index contributed by atoms with van der Waals surface area (Å²) in [7, 11) is 0. The van der Waals surface area contributed by atoms with Gasteiger partial charge in [0.15, 0.2) is 0 Å². The van der Waals surface area contributed by atoms with Gasteiger partial charge in [0.2, 0.25) is 0 Å². The minimum absolute atomic E-state index is 0.182. The summed E-state index contributed by atoms with van der Waals surface area (Å²) in [5.74, 6) is 8.44. The Bertz CT molecular complexity index is 388. The van der Waals surface area contributed by atoms with Crippen molar-refractivity contribution >= 4 is 23.1 Å². The van der Waals surface area contributed by atoms with Gasteiger partial charge < -0.3 is 5.73 Å². The Morgan fingerprint density at radius 2 is 2.44 bits per heavy atom. The molecule has 0 aromatic carbocycles. The van der Waals surface area contributed by atoms with Crippen LogP contribution in [0.3, 0.4) is 0 Å². The summed E-state index contributed by atoms with van der Waals surface area (Å²) in [4.78, 5) is 2.91. The van der Waals surface area contributed by atoms with Gasteiger partial charge in [-0.2, -0.15) is 11.8 Å². The van der Waals surface area contributed by atoms with Crippen molar-refractivity contribution in [1.82, 2.24) is 0 Å². The lowest BCUT2D eigenvalue weighted by Gasteiger charge is -2.08. The number of thiophene rings is 1. The van der Waals surface area contributed by atoms with E-state index in [-0.39, 0.29) is 6.04 Å². The van der Waals surface area contributed by atoms with Gasteiger partial charge in [0.25, 0.3) is 0 Å². The van der Waals surface area contributed by atoms with Crippen LogP contribution in [0.5, 0.6) is 0 Å². The van der Waals surface area contributed by atoms with E-state index in [0.717, 1.165) is 12.8 Å². The number of thioether (sulfide) groups is 1. The van der Waals surface area contributed by atoms with Gasteiger partial charge in [-0.15, -0.1) is 23.2 Å². The summed E-state index contributed by atoms with van der Waals surface area (Å²) in [6, 6.07) is 2.50. The molecule has 3 heteroatoms. The smallest absolute Gasteiger partial charge is 0.0399 e. The molecule has 16 heavy (non-hydrogen) atoms. The third kappa shape index (κ3) is 2.82. The zero-order chi connectivity index (χ0) is 11.4. The van der Waals surface area contributed by atoms with Crippen LogP contribution in [0.1, 0.15) is 41.1 Å². The van der Waals surface area contributed by atoms with Crippen LogP contribution in [-0.2, 0) is 12.2 Å². The molecule has 86 valence electrons. The fourth-order valence-electron chi connectivity index (χ4n) is 1.85. The topological polar surface area (TPSA) is 26.0 Å². The summed E-state index contributed by atoms with van der Waals surface area (Å²) in [6.45, 7) is 1.88. The van der Waals surface area contributed by atoms with Crippen LogP contribution >= 0.6 is 23.1 Å². The number of hydrogen-bond donors (Lipinski definition) is 1. The zero-order valence-corrected chi connectivity index (χ0v) is 11.2.